The standard InChI is InChI=1S/C18H36N2/c1-15-8-11-20(13-15)18(5,6)10-7-16-9-12-19(14-16)17(2,3)4/h15-16H,7-14H2,1-6H3/t15-,16+/m1/s1. The van der Waals surface area contributed by atoms with Crippen LogP contribution in [-0.4, -0.2) is 47.1 Å². The van der Waals surface area contributed by atoms with Crippen molar-refractivity contribution >= 4 is 0 Å². The van der Waals surface area contributed by atoms with Gasteiger partial charge in [-0.3, -0.25) is 9.80 Å². The Morgan fingerprint density at radius 3 is 2.05 bits per heavy atom. The van der Waals surface area contributed by atoms with Gasteiger partial charge in [-0.05, 0) is 85.2 Å². The molecule has 0 radical (unpaired) electrons. The molecular weight excluding hydrogens is 244 g/mol. The Hall–Kier alpha value is -0.0800. The summed E-state index contributed by atoms with van der Waals surface area (Å²) in [4.78, 5) is 5.40. The molecule has 2 aliphatic heterocycles. The van der Waals surface area contributed by atoms with E-state index in [9.17, 15) is 0 Å². The largest absolute Gasteiger partial charge is 0.298 e. The molecular formula is C18H36N2. The number of nitrogens with zero attached hydrogens (tertiary/aromatic N) is 2. The summed E-state index contributed by atoms with van der Waals surface area (Å²) in [6.45, 7) is 19.6. The van der Waals surface area contributed by atoms with Gasteiger partial charge in [-0.25, -0.2) is 0 Å². The number of rotatable bonds is 4. The lowest BCUT2D eigenvalue weighted by atomic mass is 9.90. The van der Waals surface area contributed by atoms with Crippen LogP contribution in [0.3, 0.4) is 0 Å². The Morgan fingerprint density at radius 2 is 1.55 bits per heavy atom. The Balaban J connectivity index is 1.78. The van der Waals surface area contributed by atoms with Crippen molar-refractivity contribution in [3.05, 3.63) is 0 Å². The summed E-state index contributed by atoms with van der Waals surface area (Å²) < 4.78 is 0. The molecule has 2 heteroatoms. The zero-order valence-corrected chi connectivity index (χ0v) is 14.7. The molecule has 0 aromatic rings. The third-order valence-electron chi connectivity index (χ3n) is 5.68. The van der Waals surface area contributed by atoms with Crippen LogP contribution < -0.4 is 0 Å². The summed E-state index contributed by atoms with van der Waals surface area (Å²) in [5, 5.41) is 0. The molecule has 2 fully saturated rings. The van der Waals surface area contributed by atoms with E-state index in [-0.39, 0.29) is 0 Å². The van der Waals surface area contributed by atoms with Crippen LogP contribution in [0.1, 0.15) is 67.2 Å². The maximum atomic E-state index is 2.73. The third-order valence-corrected chi connectivity index (χ3v) is 5.68. The average Bonchev–Trinajstić information content (AvgIpc) is 2.94. The van der Waals surface area contributed by atoms with Crippen LogP contribution in [-0.2, 0) is 0 Å². The molecule has 0 unspecified atom stereocenters. The van der Waals surface area contributed by atoms with Gasteiger partial charge in [0, 0.05) is 24.2 Å². The second-order valence-electron chi connectivity index (χ2n) is 8.96. The van der Waals surface area contributed by atoms with Crippen LogP contribution in [0.5, 0.6) is 0 Å². The van der Waals surface area contributed by atoms with E-state index in [1.165, 1.54) is 51.9 Å². The summed E-state index contributed by atoms with van der Waals surface area (Å²) in [5.74, 6) is 1.82. The van der Waals surface area contributed by atoms with Gasteiger partial charge in [0.05, 0.1) is 0 Å². The first-order valence-corrected chi connectivity index (χ1v) is 8.68. The van der Waals surface area contributed by atoms with Gasteiger partial charge in [0.1, 0.15) is 0 Å². The second kappa shape index (κ2) is 5.96. The van der Waals surface area contributed by atoms with E-state index in [1.807, 2.05) is 0 Å². The Labute approximate surface area is 126 Å². The lowest BCUT2D eigenvalue weighted by molar-refractivity contribution is 0.126. The van der Waals surface area contributed by atoms with Gasteiger partial charge in [0.15, 0.2) is 0 Å². The Kier molecular flexibility index (Phi) is 4.86. The summed E-state index contributed by atoms with van der Waals surface area (Å²) in [7, 11) is 0. The summed E-state index contributed by atoms with van der Waals surface area (Å²) in [5.41, 5.74) is 0.758. The summed E-state index contributed by atoms with van der Waals surface area (Å²) in [6.07, 6.45) is 5.57. The Bertz CT molecular complexity index is 316. The average molecular weight is 280 g/mol. The molecule has 2 saturated heterocycles. The van der Waals surface area contributed by atoms with Crippen LogP contribution in [0, 0.1) is 11.8 Å². The third kappa shape index (κ3) is 3.98. The Morgan fingerprint density at radius 1 is 0.900 bits per heavy atom. The van der Waals surface area contributed by atoms with Crippen molar-refractivity contribution < 1.29 is 0 Å². The molecule has 0 amide bonds. The van der Waals surface area contributed by atoms with Crippen molar-refractivity contribution in [2.24, 2.45) is 11.8 Å². The smallest absolute Gasteiger partial charge is 0.0153 e. The van der Waals surface area contributed by atoms with Crippen LogP contribution in [0.4, 0.5) is 0 Å². The van der Waals surface area contributed by atoms with Crippen LogP contribution in [0.25, 0.3) is 0 Å². The highest BCUT2D eigenvalue weighted by atomic mass is 15.2. The van der Waals surface area contributed by atoms with Crippen LogP contribution in [0.15, 0.2) is 0 Å². The monoisotopic (exact) mass is 280 g/mol. The molecule has 118 valence electrons. The van der Waals surface area contributed by atoms with Crippen LogP contribution in [0.2, 0.25) is 0 Å². The van der Waals surface area contributed by atoms with Crippen molar-refractivity contribution in [2.75, 3.05) is 26.2 Å². The summed E-state index contributed by atoms with van der Waals surface area (Å²) >= 11 is 0. The number of likely N-dealkylation sites (tertiary alicyclic amines) is 2. The van der Waals surface area contributed by atoms with E-state index in [4.69, 9.17) is 0 Å². The van der Waals surface area contributed by atoms with E-state index in [2.05, 4.69) is 51.3 Å². The lowest BCUT2D eigenvalue weighted by Crippen LogP contribution is -2.43. The van der Waals surface area contributed by atoms with Gasteiger partial charge in [-0.15, -0.1) is 0 Å². The maximum Gasteiger partial charge on any atom is 0.0153 e. The fourth-order valence-corrected chi connectivity index (χ4v) is 3.88. The van der Waals surface area contributed by atoms with Gasteiger partial charge >= 0.3 is 0 Å². The first-order valence-electron chi connectivity index (χ1n) is 8.68. The molecule has 2 heterocycles. The van der Waals surface area contributed by atoms with Gasteiger partial charge in [-0.2, -0.15) is 0 Å². The topological polar surface area (TPSA) is 6.48 Å². The molecule has 20 heavy (non-hydrogen) atoms. The van der Waals surface area contributed by atoms with E-state index in [0.29, 0.717) is 11.1 Å². The number of hydrogen-bond donors (Lipinski definition) is 0. The van der Waals surface area contributed by atoms with Crippen molar-refractivity contribution in [3.63, 3.8) is 0 Å². The van der Waals surface area contributed by atoms with Gasteiger partial charge in [0.25, 0.3) is 0 Å². The molecule has 2 nitrogen and oxygen atoms in total. The van der Waals surface area contributed by atoms with Crippen LogP contribution >= 0.6 is 0 Å². The van der Waals surface area contributed by atoms with E-state index in [1.54, 1.807) is 0 Å². The molecule has 0 aromatic carbocycles. The van der Waals surface area contributed by atoms with E-state index in [0.717, 1.165) is 11.8 Å². The predicted octanol–water partition coefficient (Wildman–Crippen LogP) is 4.01. The molecule has 2 atom stereocenters. The predicted molar refractivity (Wildman–Crippen MR) is 88.1 cm³/mol. The SMILES string of the molecule is C[C@@H]1CCN(C(C)(C)CC[C@H]2CCN(C(C)(C)C)C2)C1. The highest BCUT2D eigenvalue weighted by Gasteiger charge is 2.34. The molecule has 0 saturated carbocycles. The first-order chi connectivity index (χ1) is 9.18. The normalized spacial score (nSPS) is 30.3. The maximum absolute atomic E-state index is 2.73. The fourth-order valence-electron chi connectivity index (χ4n) is 3.88. The molecule has 0 N–H and O–H groups in total. The number of hydrogen-bond acceptors (Lipinski definition) is 2. The molecule has 2 rings (SSSR count). The minimum atomic E-state index is 0.356. The molecule has 0 bridgehead atoms. The van der Waals surface area contributed by atoms with Gasteiger partial charge < -0.3 is 0 Å². The van der Waals surface area contributed by atoms with Crippen molar-refractivity contribution in [3.8, 4) is 0 Å². The second-order valence-corrected chi connectivity index (χ2v) is 8.96. The minimum Gasteiger partial charge on any atom is -0.298 e. The molecule has 0 spiro atoms. The van der Waals surface area contributed by atoms with Crippen molar-refractivity contribution in [2.45, 2.75) is 78.3 Å². The molecule has 0 aliphatic carbocycles. The van der Waals surface area contributed by atoms with Gasteiger partial charge in [0.2, 0.25) is 0 Å². The molecule has 0 aromatic heterocycles. The fraction of sp³-hybridized carbons (Fsp3) is 1.00. The highest BCUT2D eigenvalue weighted by Crippen LogP contribution is 2.32. The van der Waals surface area contributed by atoms with Crippen molar-refractivity contribution in [1.82, 2.24) is 9.80 Å². The highest BCUT2D eigenvalue weighted by molar-refractivity contribution is 4.90. The quantitative estimate of drug-likeness (QED) is 0.768. The summed E-state index contributed by atoms with van der Waals surface area (Å²) in [6, 6.07) is 0. The minimum absolute atomic E-state index is 0.356. The first kappa shape index (κ1) is 16.3. The van der Waals surface area contributed by atoms with E-state index >= 15 is 0 Å². The van der Waals surface area contributed by atoms with Crippen molar-refractivity contribution in [1.29, 1.82) is 0 Å². The van der Waals surface area contributed by atoms with E-state index < -0.39 is 0 Å². The zero-order valence-electron chi connectivity index (χ0n) is 14.7. The van der Waals surface area contributed by atoms with Gasteiger partial charge in [-0.1, -0.05) is 6.92 Å². The zero-order chi connectivity index (χ0) is 15.0. The lowest BCUT2D eigenvalue weighted by Gasteiger charge is -2.37. The molecule has 2 aliphatic rings.